The highest BCUT2D eigenvalue weighted by Gasteiger charge is 2.09. The van der Waals surface area contributed by atoms with Crippen LogP contribution in [0.5, 0.6) is 0 Å². The normalized spacial score (nSPS) is 11.7. The number of esters is 1. The van der Waals surface area contributed by atoms with E-state index in [2.05, 4.69) is 12.2 Å². The number of amides is 1. The Morgan fingerprint density at radius 3 is 2.37 bits per heavy atom. The zero-order valence-corrected chi connectivity index (χ0v) is 11.7. The molecule has 0 fully saturated rings. The van der Waals surface area contributed by atoms with Crippen LogP contribution in [0.4, 0.5) is 5.69 Å². The highest BCUT2D eigenvalue weighted by Crippen LogP contribution is 2.13. The van der Waals surface area contributed by atoms with E-state index in [4.69, 9.17) is 4.74 Å². The van der Waals surface area contributed by atoms with Gasteiger partial charge in [0.2, 0.25) is 5.91 Å². The molecule has 0 spiro atoms. The molecule has 0 aliphatic heterocycles. The van der Waals surface area contributed by atoms with Crippen molar-refractivity contribution in [3.63, 3.8) is 0 Å². The molecule has 0 aliphatic carbocycles. The van der Waals surface area contributed by atoms with Gasteiger partial charge in [-0.3, -0.25) is 4.79 Å². The van der Waals surface area contributed by atoms with Crippen molar-refractivity contribution >= 4 is 17.6 Å². The fraction of sp³-hybridized carbons (Fsp3) is 0.467. The van der Waals surface area contributed by atoms with E-state index in [0.717, 1.165) is 6.42 Å². The molecule has 1 amide bonds. The molecule has 1 rings (SSSR count). The zero-order chi connectivity index (χ0) is 14.3. The Labute approximate surface area is 114 Å². The lowest BCUT2D eigenvalue weighted by atomic mass is 10.0. The third-order valence-electron chi connectivity index (χ3n) is 2.91. The van der Waals surface area contributed by atoms with E-state index in [1.54, 1.807) is 31.2 Å². The molecule has 19 heavy (non-hydrogen) atoms. The van der Waals surface area contributed by atoms with Gasteiger partial charge in [0.15, 0.2) is 0 Å². The molecule has 1 N–H and O–H groups in total. The predicted octanol–water partition coefficient (Wildman–Crippen LogP) is 3.24. The topological polar surface area (TPSA) is 55.4 Å². The Bertz CT molecular complexity index is 426. The smallest absolute Gasteiger partial charge is 0.338 e. The molecule has 0 aromatic heterocycles. The Morgan fingerprint density at radius 2 is 1.84 bits per heavy atom. The summed E-state index contributed by atoms with van der Waals surface area (Å²) in [6.45, 7) is 6.23. The molecule has 1 atom stereocenters. The van der Waals surface area contributed by atoms with Crippen LogP contribution in [0.1, 0.15) is 44.0 Å². The summed E-state index contributed by atoms with van der Waals surface area (Å²) >= 11 is 0. The van der Waals surface area contributed by atoms with Crippen molar-refractivity contribution in [2.75, 3.05) is 11.9 Å². The number of nitrogens with one attached hydrogen (secondary N) is 1. The molecule has 1 aromatic carbocycles. The van der Waals surface area contributed by atoms with Crippen molar-refractivity contribution in [2.24, 2.45) is 5.92 Å². The maximum absolute atomic E-state index is 11.7. The quantitative estimate of drug-likeness (QED) is 0.802. The van der Waals surface area contributed by atoms with E-state index < -0.39 is 0 Å². The van der Waals surface area contributed by atoms with Crippen LogP contribution in [0.25, 0.3) is 0 Å². The Balaban J connectivity index is 2.57. The van der Waals surface area contributed by atoms with Gasteiger partial charge in [0.05, 0.1) is 12.2 Å². The van der Waals surface area contributed by atoms with Crippen molar-refractivity contribution in [1.82, 2.24) is 0 Å². The first-order chi connectivity index (χ1) is 9.06. The molecule has 1 unspecified atom stereocenters. The molecule has 104 valence electrons. The van der Waals surface area contributed by atoms with Gasteiger partial charge in [-0.1, -0.05) is 20.3 Å². The number of benzene rings is 1. The minimum absolute atomic E-state index is 0.00163. The summed E-state index contributed by atoms with van der Waals surface area (Å²) in [4.78, 5) is 23.2. The average Bonchev–Trinajstić information content (AvgIpc) is 2.39. The minimum atomic E-state index is -0.347. The number of carbonyl (C=O) groups excluding carboxylic acids is 2. The molecule has 4 nitrogen and oxygen atoms in total. The molecule has 0 bridgehead atoms. The first kappa shape index (κ1) is 15.2. The number of carbonyl (C=O) groups is 2. The maximum Gasteiger partial charge on any atom is 0.338 e. The third kappa shape index (κ3) is 5.12. The molecule has 0 heterocycles. The summed E-state index contributed by atoms with van der Waals surface area (Å²) in [6.07, 6.45) is 1.49. The first-order valence-corrected chi connectivity index (χ1v) is 6.63. The van der Waals surface area contributed by atoms with Crippen molar-refractivity contribution in [1.29, 1.82) is 0 Å². The number of rotatable bonds is 6. The van der Waals surface area contributed by atoms with Crippen LogP contribution < -0.4 is 5.32 Å². The van der Waals surface area contributed by atoms with Crippen molar-refractivity contribution in [2.45, 2.75) is 33.6 Å². The summed E-state index contributed by atoms with van der Waals surface area (Å²) in [5.41, 5.74) is 1.18. The Hall–Kier alpha value is -1.84. The summed E-state index contributed by atoms with van der Waals surface area (Å²) in [5, 5.41) is 2.81. The van der Waals surface area contributed by atoms with E-state index in [1.165, 1.54) is 0 Å². The van der Waals surface area contributed by atoms with Gasteiger partial charge in [0.25, 0.3) is 0 Å². The molecule has 1 aromatic rings. The van der Waals surface area contributed by atoms with E-state index in [0.29, 0.717) is 30.2 Å². The third-order valence-corrected chi connectivity index (χ3v) is 2.91. The first-order valence-electron chi connectivity index (χ1n) is 6.63. The summed E-state index contributed by atoms with van der Waals surface area (Å²) in [6, 6.07) is 6.72. The van der Waals surface area contributed by atoms with Gasteiger partial charge in [-0.25, -0.2) is 4.79 Å². The molecular weight excluding hydrogens is 242 g/mol. The van der Waals surface area contributed by atoms with E-state index in [9.17, 15) is 9.59 Å². The highest BCUT2D eigenvalue weighted by atomic mass is 16.5. The molecule has 0 aliphatic rings. The predicted molar refractivity (Wildman–Crippen MR) is 75.1 cm³/mol. The number of anilines is 1. The van der Waals surface area contributed by atoms with Crippen LogP contribution in [-0.4, -0.2) is 18.5 Å². The maximum atomic E-state index is 11.7. The van der Waals surface area contributed by atoms with E-state index in [1.807, 2.05) is 6.92 Å². The second kappa shape index (κ2) is 7.56. The van der Waals surface area contributed by atoms with Crippen molar-refractivity contribution in [3.05, 3.63) is 29.8 Å². The lowest BCUT2D eigenvalue weighted by Crippen LogP contribution is -2.15. The van der Waals surface area contributed by atoms with Gasteiger partial charge in [-0.2, -0.15) is 0 Å². The highest BCUT2D eigenvalue weighted by molar-refractivity contribution is 5.93. The van der Waals surface area contributed by atoms with Gasteiger partial charge in [-0.15, -0.1) is 0 Å². The molecule has 0 saturated carbocycles. The molecule has 0 saturated heterocycles. The zero-order valence-electron chi connectivity index (χ0n) is 11.7. The van der Waals surface area contributed by atoms with Gasteiger partial charge < -0.3 is 10.1 Å². The van der Waals surface area contributed by atoms with Crippen LogP contribution in [0, 0.1) is 5.92 Å². The summed E-state index contributed by atoms with van der Waals surface area (Å²) < 4.78 is 4.89. The summed E-state index contributed by atoms with van der Waals surface area (Å²) in [7, 11) is 0. The number of hydrogen-bond donors (Lipinski definition) is 1. The van der Waals surface area contributed by atoms with E-state index >= 15 is 0 Å². The largest absolute Gasteiger partial charge is 0.462 e. The molecule has 0 radical (unpaired) electrons. The van der Waals surface area contributed by atoms with E-state index in [-0.39, 0.29) is 11.9 Å². The van der Waals surface area contributed by atoms with Gasteiger partial charge in [0, 0.05) is 12.1 Å². The second-order valence-corrected chi connectivity index (χ2v) is 4.56. The van der Waals surface area contributed by atoms with Gasteiger partial charge in [0.1, 0.15) is 0 Å². The monoisotopic (exact) mass is 263 g/mol. The lowest BCUT2D eigenvalue weighted by Gasteiger charge is -2.09. The van der Waals surface area contributed by atoms with Crippen molar-refractivity contribution < 1.29 is 14.3 Å². The van der Waals surface area contributed by atoms with Crippen LogP contribution in [0.15, 0.2) is 24.3 Å². The van der Waals surface area contributed by atoms with Gasteiger partial charge >= 0.3 is 5.97 Å². The molecule has 4 heteroatoms. The SMILES string of the molecule is CCOC(=O)c1ccc(NC(=O)CC(C)CC)cc1. The minimum Gasteiger partial charge on any atom is -0.462 e. The fourth-order valence-electron chi connectivity index (χ4n) is 1.58. The Kier molecular flexibility index (Phi) is 6.06. The standard InChI is InChI=1S/C15H21NO3/c1-4-11(3)10-14(17)16-13-8-6-12(7-9-13)15(18)19-5-2/h6-9,11H,4-5,10H2,1-3H3,(H,16,17). The van der Waals surface area contributed by atoms with Crippen LogP contribution in [0.2, 0.25) is 0 Å². The van der Waals surface area contributed by atoms with Crippen LogP contribution >= 0.6 is 0 Å². The second-order valence-electron chi connectivity index (χ2n) is 4.56. The number of hydrogen-bond acceptors (Lipinski definition) is 3. The van der Waals surface area contributed by atoms with Crippen LogP contribution in [0.3, 0.4) is 0 Å². The van der Waals surface area contributed by atoms with Crippen LogP contribution in [-0.2, 0) is 9.53 Å². The molecular formula is C15H21NO3. The fourth-order valence-corrected chi connectivity index (χ4v) is 1.58. The summed E-state index contributed by atoms with van der Waals surface area (Å²) in [5.74, 6) is 0.0250. The number of ether oxygens (including phenoxy) is 1. The van der Waals surface area contributed by atoms with Gasteiger partial charge in [-0.05, 0) is 37.1 Å². The Morgan fingerprint density at radius 1 is 1.21 bits per heavy atom. The lowest BCUT2D eigenvalue weighted by molar-refractivity contribution is -0.117. The average molecular weight is 263 g/mol. The van der Waals surface area contributed by atoms with Crippen molar-refractivity contribution in [3.8, 4) is 0 Å².